The molecule has 0 N–H and O–H groups in total. The fraction of sp³-hybridized carbons (Fsp3) is 0.250. The summed E-state index contributed by atoms with van der Waals surface area (Å²) < 4.78 is 5.20. The van der Waals surface area contributed by atoms with Crippen molar-refractivity contribution in [2.75, 3.05) is 39.8 Å². The Hall–Kier alpha value is -2.96. The zero-order chi connectivity index (χ0) is 20.8. The van der Waals surface area contributed by atoms with Crippen LogP contribution in [0.25, 0.3) is 16.6 Å². The third-order valence-electron chi connectivity index (χ3n) is 5.19. The SMILES string of the molecule is COc1ccc(-c2nc(C(=O)N3CCN(C/C=C/c4ccccc4)CC3)cs2)cc1. The highest BCUT2D eigenvalue weighted by atomic mass is 32.1. The summed E-state index contributed by atoms with van der Waals surface area (Å²) in [6.07, 6.45) is 4.34. The Morgan fingerprint density at radius 2 is 1.80 bits per heavy atom. The number of nitrogens with zero attached hydrogens (tertiary/aromatic N) is 3. The molecule has 30 heavy (non-hydrogen) atoms. The number of piperazine rings is 1. The predicted molar refractivity (Wildman–Crippen MR) is 122 cm³/mol. The normalized spacial score (nSPS) is 14.9. The van der Waals surface area contributed by atoms with E-state index in [9.17, 15) is 4.79 Å². The fourth-order valence-electron chi connectivity index (χ4n) is 3.44. The summed E-state index contributed by atoms with van der Waals surface area (Å²) in [6, 6.07) is 18.1. The molecule has 2 aromatic carbocycles. The number of aromatic nitrogens is 1. The minimum absolute atomic E-state index is 0.0190. The van der Waals surface area contributed by atoms with Gasteiger partial charge in [-0.25, -0.2) is 4.98 Å². The van der Waals surface area contributed by atoms with Crippen LogP contribution >= 0.6 is 11.3 Å². The number of carbonyl (C=O) groups is 1. The maximum absolute atomic E-state index is 12.9. The van der Waals surface area contributed by atoms with Crippen LogP contribution in [0.1, 0.15) is 16.1 Å². The lowest BCUT2D eigenvalue weighted by Crippen LogP contribution is -2.48. The summed E-state index contributed by atoms with van der Waals surface area (Å²) in [4.78, 5) is 21.7. The summed E-state index contributed by atoms with van der Waals surface area (Å²) in [7, 11) is 1.65. The van der Waals surface area contributed by atoms with Gasteiger partial charge in [-0.2, -0.15) is 0 Å². The summed E-state index contributed by atoms with van der Waals surface area (Å²) in [5.74, 6) is 0.827. The third kappa shape index (κ3) is 4.96. The summed E-state index contributed by atoms with van der Waals surface area (Å²) >= 11 is 1.50. The number of benzene rings is 2. The Labute approximate surface area is 181 Å². The van der Waals surface area contributed by atoms with E-state index in [1.165, 1.54) is 16.9 Å². The first-order chi connectivity index (χ1) is 14.7. The number of ether oxygens (including phenoxy) is 1. The van der Waals surface area contributed by atoms with Crippen molar-refractivity contribution >= 4 is 23.3 Å². The topological polar surface area (TPSA) is 45.7 Å². The van der Waals surface area contributed by atoms with Crippen molar-refractivity contribution < 1.29 is 9.53 Å². The van der Waals surface area contributed by atoms with Gasteiger partial charge >= 0.3 is 0 Å². The molecule has 1 aliphatic rings. The summed E-state index contributed by atoms with van der Waals surface area (Å²) in [5.41, 5.74) is 2.74. The van der Waals surface area contributed by atoms with Crippen LogP contribution in [0.15, 0.2) is 66.1 Å². The Morgan fingerprint density at radius 3 is 2.50 bits per heavy atom. The average molecular weight is 420 g/mol. The van der Waals surface area contributed by atoms with Crippen molar-refractivity contribution in [3.8, 4) is 16.3 Å². The van der Waals surface area contributed by atoms with Gasteiger partial charge in [0.05, 0.1) is 7.11 Å². The highest BCUT2D eigenvalue weighted by Gasteiger charge is 2.23. The van der Waals surface area contributed by atoms with Gasteiger partial charge in [0.25, 0.3) is 5.91 Å². The van der Waals surface area contributed by atoms with E-state index in [1.54, 1.807) is 7.11 Å². The Kier molecular flexibility index (Phi) is 6.57. The zero-order valence-corrected chi connectivity index (χ0v) is 17.8. The Balaban J connectivity index is 1.30. The van der Waals surface area contributed by atoms with E-state index in [0.717, 1.165) is 49.0 Å². The second kappa shape index (κ2) is 9.69. The van der Waals surface area contributed by atoms with E-state index in [-0.39, 0.29) is 5.91 Å². The minimum atomic E-state index is 0.0190. The lowest BCUT2D eigenvalue weighted by atomic mass is 10.2. The lowest BCUT2D eigenvalue weighted by Gasteiger charge is -2.33. The van der Waals surface area contributed by atoms with Crippen LogP contribution in [0.5, 0.6) is 5.75 Å². The number of carbonyl (C=O) groups excluding carboxylic acids is 1. The number of methoxy groups -OCH3 is 1. The van der Waals surface area contributed by atoms with E-state index in [1.807, 2.05) is 52.7 Å². The predicted octanol–water partition coefficient (Wildman–Crippen LogP) is 4.29. The van der Waals surface area contributed by atoms with Crippen molar-refractivity contribution in [1.29, 1.82) is 0 Å². The quantitative estimate of drug-likeness (QED) is 0.598. The molecule has 4 rings (SSSR count). The molecular weight excluding hydrogens is 394 g/mol. The lowest BCUT2D eigenvalue weighted by molar-refractivity contribution is 0.0645. The highest BCUT2D eigenvalue weighted by molar-refractivity contribution is 7.13. The molecule has 6 heteroatoms. The first-order valence-corrected chi connectivity index (χ1v) is 10.9. The maximum Gasteiger partial charge on any atom is 0.273 e. The minimum Gasteiger partial charge on any atom is -0.497 e. The van der Waals surface area contributed by atoms with Crippen LogP contribution in [0.2, 0.25) is 0 Å². The van der Waals surface area contributed by atoms with Crippen LogP contribution in [0.3, 0.4) is 0 Å². The fourth-order valence-corrected chi connectivity index (χ4v) is 4.24. The van der Waals surface area contributed by atoms with E-state index < -0.39 is 0 Å². The first-order valence-electron chi connectivity index (χ1n) is 10.1. The van der Waals surface area contributed by atoms with Crippen LogP contribution in [0.4, 0.5) is 0 Å². The number of rotatable bonds is 6. The Bertz CT molecular complexity index is 991. The molecule has 1 amide bonds. The maximum atomic E-state index is 12.9. The molecule has 0 atom stereocenters. The third-order valence-corrected chi connectivity index (χ3v) is 6.08. The van der Waals surface area contributed by atoms with Crippen LogP contribution in [-0.2, 0) is 0 Å². The van der Waals surface area contributed by atoms with Gasteiger partial charge < -0.3 is 9.64 Å². The average Bonchev–Trinajstić information content (AvgIpc) is 3.30. The van der Waals surface area contributed by atoms with Crippen molar-refractivity contribution in [2.45, 2.75) is 0 Å². The van der Waals surface area contributed by atoms with E-state index in [4.69, 9.17) is 4.74 Å². The van der Waals surface area contributed by atoms with Gasteiger partial charge in [-0.1, -0.05) is 42.5 Å². The largest absolute Gasteiger partial charge is 0.497 e. The monoisotopic (exact) mass is 419 g/mol. The van der Waals surface area contributed by atoms with Crippen LogP contribution in [0, 0.1) is 0 Å². The number of hydrogen-bond donors (Lipinski definition) is 0. The highest BCUT2D eigenvalue weighted by Crippen LogP contribution is 2.26. The van der Waals surface area contributed by atoms with Gasteiger partial charge in [-0.3, -0.25) is 9.69 Å². The molecule has 0 spiro atoms. The van der Waals surface area contributed by atoms with Gasteiger partial charge in [0, 0.05) is 43.7 Å². The number of hydrogen-bond acceptors (Lipinski definition) is 5. The molecule has 0 bridgehead atoms. The smallest absolute Gasteiger partial charge is 0.273 e. The molecule has 0 radical (unpaired) electrons. The van der Waals surface area contributed by atoms with Gasteiger partial charge in [-0.15, -0.1) is 11.3 Å². The number of amides is 1. The summed E-state index contributed by atoms with van der Waals surface area (Å²) in [6.45, 7) is 4.11. The van der Waals surface area contributed by atoms with Crippen molar-refractivity contribution in [3.63, 3.8) is 0 Å². The molecule has 154 valence electrons. The van der Waals surface area contributed by atoms with Crippen LogP contribution < -0.4 is 4.74 Å². The molecular formula is C24H25N3O2S. The number of thiazole rings is 1. The van der Waals surface area contributed by atoms with Crippen molar-refractivity contribution in [2.24, 2.45) is 0 Å². The molecule has 1 saturated heterocycles. The molecule has 5 nitrogen and oxygen atoms in total. The second-order valence-corrected chi connectivity index (χ2v) is 8.03. The second-order valence-electron chi connectivity index (χ2n) is 7.17. The van der Waals surface area contributed by atoms with Gasteiger partial charge in [0.2, 0.25) is 0 Å². The molecule has 1 fully saturated rings. The van der Waals surface area contributed by atoms with Gasteiger partial charge in [-0.05, 0) is 29.8 Å². The Morgan fingerprint density at radius 1 is 1.07 bits per heavy atom. The molecule has 0 aliphatic carbocycles. The van der Waals surface area contributed by atoms with Crippen LogP contribution in [-0.4, -0.2) is 60.5 Å². The molecule has 0 unspecified atom stereocenters. The van der Waals surface area contributed by atoms with E-state index in [2.05, 4.69) is 34.2 Å². The summed E-state index contributed by atoms with van der Waals surface area (Å²) in [5, 5.41) is 2.71. The van der Waals surface area contributed by atoms with E-state index >= 15 is 0 Å². The van der Waals surface area contributed by atoms with E-state index in [0.29, 0.717) is 5.69 Å². The molecule has 0 saturated carbocycles. The first kappa shape index (κ1) is 20.3. The molecule has 1 aromatic heterocycles. The molecule has 2 heterocycles. The van der Waals surface area contributed by atoms with Gasteiger partial charge in [0.15, 0.2) is 0 Å². The molecule has 1 aliphatic heterocycles. The molecule has 3 aromatic rings. The van der Waals surface area contributed by atoms with Gasteiger partial charge in [0.1, 0.15) is 16.5 Å². The van der Waals surface area contributed by atoms with Crippen molar-refractivity contribution in [3.05, 3.63) is 77.3 Å². The van der Waals surface area contributed by atoms with Crippen molar-refractivity contribution in [1.82, 2.24) is 14.8 Å². The zero-order valence-electron chi connectivity index (χ0n) is 17.0. The standard InChI is InChI=1S/C24H25N3O2S/c1-29-21-11-9-20(10-12-21)23-25-22(18-30-23)24(28)27-16-14-26(15-17-27)13-5-8-19-6-3-2-4-7-19/h2-12,18H,13-17H2,1H3/b8-5+.